The molecule has 0 aliphatic carbocycles. The zero-order valence-electron chi connectivity index (χ0n) is 19.3. The highest BCUT2D eigenvalue weighted by Gasteiger charge is 2.17. The molecule has 0 aliphatic rings. The van der Waals surface area contributed by atoms with Crippen LogP contribution in [-0.2, 0) is 6.42 Å². The maximum Gasteiger partial charge on any atom is 0.255 e. The quantitative estimate of drug-likeness (QED) is 0.404. The van der Waals surface area contributed by atoms with Crippen LogP contribution in [0.4, 0.5) is 11.4 Å². The average molecular weight is 447 g/mol. The second-order valence-electron chi connectivity index (χ2n) is 7.43. The van der Waals surface area contributed by atoms with E-state index in [0.717, 1.165) is 12.8 Å². The van der Waals surface area contributed by atoms with Crippen LogP contribution >= 0.6 is 0 Å². The number of carbonyl (C=O) groups is 2. The van der Waals surface area contributed by atoms with Gasteiger partial charge in [-0.2, -0.15) is 0 Å². The molecule has 0 aliphatic heterocycles. The number of aryl methyl sites for hydroxylation is 1. The Morgan fingerprint density at radius 3 is 1.64 bits per heavy atom. The van der Waals surface area contributed by atoms with Crippen LogP contribution in [0.2, 0.25) is 0 Å². The zero-order chi connectivity index (χ0) is 23.6. The van der Waals surface area contributed by atoms with Gasteiger partial charge in [-0.15, -0.1) is 0 Å². The van der Waals surface area contributed by atoms with Gasteiger partial charge in [-0.25, -0.2) is 0 Å². The molecule has 0 fully saturated rings. The van der Waals surface area contributed by atoms with Gasteiger partial charge in [0.15, 0.2) is 0 Å². The van der Waals surface area contributed by atoms with Crippen molar-refractivity contribution >= 4 is 23.2 Å². The SMILES string of the molecule is CCCc1ccc(C(=O)Nc2cc(OCC)c(NC(=O)c3ccccc3)cc2OCC)cc1. The molecule has 0 bridgehead atoms. The number of ether oxygens (including phenoxy) is 2. The first-order chi connectivity index (χ1) is 16.0. The van der Waals surface area contributed by atoms with Gasteiger partial charge in [0, 0.05) is 23.3 Å². The highest BCUT2D eigenvalue weighted by molar-refractivity contribution is 6.07. The van der Waals surface area contributed by atoms with Gasteiger partial charge in [0.2, 0.25) is 0 Å². The van der Waals surface area contributed by atoms with Crippen molar-refractivity contribution in [1.29, 1.82) is 0 Å². The predicted molar refractivity (Wildman–Crippen MR) is 132 cm³/mol. The number of benzene rings is 3. The highest BCUT2D eigenvalue weighted by Crippen LogP contribution is 2.37. The molecular weight excluding hydrogens is 416 g/mol. The maximum atomic E-state index is 12.9. The summed E-state index contributed by atoms with van der Waals surface area (Å²) in [5.41, 5.74) is 3.22. The van der Waals surface area contributed by atoms with Gasteiger partial charge in [0.25, 0.3) is 11.8 Å². The summed E-state index contributed by atoms with van der Waals surface area (Å²) in [5.74, 6) is 0.379. The fourth-order valence-corrected chi connectivity index (χ4v) is 3.40. The molecule has 3 aromatic rings. The number of rotatable bonds is 10. The third-order valence-electron chi connectivity index (χ3n) is 4.97. The molecule has 3 aromatic carbocycles. The monoisotopic (exact) mass is 446 g/mol. The van der Waals surface area contributed by atoms with Gasteiger partial charge in [-0.05, 0) is 50.1 Å². The zero-order valence-corrected chi connectivity index (χ0v) is 19.3. The molecule has 6 heteroatoms. The van der Waals surface area contributed by atoms with Gasteiger partial charge >= 0.3 is 0 Å². The minimum absolute atomic E-state index is 0.248. The minimum Gasteiger partial charge on any atom is -0.492 e. The molecule has 0 saturated heterocycles. The lowest BCUT2D eigenvalue weighted by molar-refractivity contribution is 0.101. The van der Waals surface area contributed by atoms with Crippen molar-refractivity contribution in [3.8, 4) is 11.5 Å². The third-order valence-corrected chi connectivity index (χ3v) is 4.97. The molecule has 0 heterocycles. The van der Waals surface area contributed by atoms with Crippen LogP contribution in [0.5, 0.6) is 11.5 Å². The van der Waals surface area contributed by atoms with Gasteiger partial charge < -0.3 is 20.1 Å². The molecule has 0 radical (unpaired) electrons. The van der Waals surface area contributed by atoms with Crippen molar-refractivity contribution in [2.75, 3.05) is 23.8 Å². The van der Waals surface area contributed by atoms with Crippen molar-refractivity contribution in [2.24, 2.45) is 0 Å². The fraction of sp³-hybridized carbons (Fsp3) is 0.259. The molecule has 6 nitrogen and oxygen atoms in total. The molecule has 33 heavy (non-hydrogen) atoms. The van der Waals surface area contributed by atoms with Crippen molar-refractivity contribution in [3.63, 3.8) is 0 Å². The van der Waals surface area contributed by atoms with Crippen LogP contribution in [-0.4, -0.2) is 25.0 Å². The Balaban J connectivity index is 1.88. The summed E-state index contributed by atoms with van der Waals surface area (Å²) in [5, 5.41) is 5.80. The lowest BCUT2D eigenvalue weighted by Gasteiger charge is -2.18. The molecule has 2 N–H and O–H groups in total. The van der Waals surface area contributed by atoms with E-state index < -0.39 is 0 Å². The largest absolute Gasteiger partial charge is 0.492 e. The molecular formula is C27H30N2O4. The van der Waals surface area contributed by atoms with Crippen LogP contribution in [0, 0.1) is 0 Å². The van der Waals surface area contributed by atoms with Gasteiger partial charge in [0.05, 0.1) is 24.6 Å². The normalized spacial score (nSPS) is 10.4. The molecule has 0 spiro atoms. The van der Waals surface area contributed by atoms with E-state index in [2.05, 4.69) is 17.6 Å². The first-order valence-corrected chi connectivity index (χ1v) is 11.3. The second kappa shape index (κ2) is 11.7. The smallest absolute Gasteiger partial charge is 0.255 e. The van der Waals surface area contributed by atoms with Crippen LogP contribution in [0.15, 0.2) is 66.7 Å². The number of amides is 2. The van der Waals surface area contributed by atoms with E-state index in [-0.39, 0.29) is 11.8 Å². The van der Waals surface area contributed by atoms with E-state index in [1.165, 1.54) is 5.56 Å². The highest BCUT2D eigenvalue weighted by atomic mass is 16.5. The van der Waals surface area contributed by atoms with Gasteiger partial charge in [0.1, 0.15) is 11.5 Å². The molecule has 2 amide bonds. The molecule has 172 valence electrons. The number of nitrogens with one attached hydrogen (secondary N) is 2. The van der Waals surface area contributed by atoms with Crippen molar-refractivity contribution in [3.05, 3.63) is 83.4 Å². The second-order valence-corrected chi connectivity index (χ2v) is 7.43. The summed E-state index contributed by atoms with van der Waals surface area (Å²) in [6.07, 6.45) is 2.03. The Kier molecular flexibility index (Phi) is 8.47. The molecule has 0 atom stereocenters. The Morgan fingerprint density at radius 2 is 1.18 bits per heavy atom. The Morgan fingerprint density at radius 1 is 0.697 bits per heavy atom. The first-order valence-electron chi connectivity index (χ1n) is 11.3. The lowest BCUT2D eigenvalue weighted by atomic mass is 10.1. The van der Waals surface area contributed by atoms with Gasteiger partial charge in [-0.3, -0.25) is 9.59 Å². The van der Waals surface area contributed by atoms with E-state index in [1.54, 1.807) is 36.4 Å². The van der Waals surface area contributed by atoms with Crippen molar-refractivity contribution in [2.45, 2.75) is 33.6 Å². The van der Waals surface area contributed by atoms with Crippen LogP contribution < -0.4 is 20.1 Å². The first kappa shape index (κ1) is 23.9. The topological polar surface area (TPSA) is 76.7 Å². The molecule has 3 rings (SSSR count). The maximum absolute atomic E-state index is 12.9. The van der Waals surface area contributed by atoms with E-state index in [0.29, 0.717) is 47.2 Å². The number of hydrogen-bond acceptors (Lipinski definition) is 4. The minimum atomic E-state index is -0.261. The van der Waals surface area contributed by atoms with Crippen LogP contribution in [0.3, 0.4) is 0 Å². The van der Waals surface area contributed by atoms with Gasteiger partial charge in [-0.1, -0.05) is 43.7 Å². The summed E-state index contributed by atoms with van der Waals surface area (Å²) >= 11 is 0. The van der Waals surface area contributed by atoms with E-state index in [4.69, 9.17) is 9.47 Å². The van der Waals surface area contributed by atoms with Crippen molar-refractivity contribution in [1.82, 2.24) is 0 Å². The summed E-state index contributed by atoms with van der Waals surface area (Å²) in [6, 6.07) is 19.9. The summed E-state index contributed by atoms with van der Waals surface area (Å²) in [7, 11) is 0. The van der Waals surface area contributed by atoms with Crippen LogP contribution in [0.1, 0.15) is 53.5 Å². The standard InChI is InChI=1S/C27H30N2O4/c1-4-10-19-13-15-21(16-14-19)27(31)29-23-18-24(32-5-2)22(17-25(23)33-6-3)28-26(30)20-11-8-7-9-12-20/h7-9,11-18H,4-6,10H2,1-3H3,(H,28,30)(H,29,31). The predicted octanol–water partition coefficient (Wildman–Crippen LogP) is 5.94. The van der Waals surface area contributed by atoms with Crippen molar-refractivity contribution < 1.29 is 19.1 Å². The summed E-state index contributed by atoms with van der Waals surface area (Å²) in [6.45, 7) is 6.63. The fourth-order valence-electron chi connectivity index (χ4n) is 3.40. The Bertz CT molecular complexity index is 1080. The van der Waals surface area contributed by atoms with E-state index in [1.807, 2.05) is 44.2 Å². The molecule has 0 unspecified atom stereocenters. The van der Waals surface area contributed by atoms with E-state index in [9.17, 15) is 9.59 Å². The number of anilines is 2. The Labute approximate surface area is 194 Å². The lowest BCUT2D eigenvalue weighted by Crippen LogP contribution is -2.15. The summed E-state index contributed by atoms with van der Waals surface area (Å²) < 4.78 is 11.5. The number of hydrogen-bond donors (Lipinski definition) is 2. The number of carbonyl (C=O) groups excluding carboxylic acids is 2. The molecule has 0 aromatic heterocycles. The average Bonchev–Trinajstić information content (AvgIpc) is 2.83. The third kappa shape index (κ3) is 6.35. The van der Waals surface area contributed by atoms with E-state index >= 15 is 0 Å². The summed E-state index contributed by atoms with van der Waals surface area (Å²) in [4.78, 5) is 25.6. The Hall–Kier alpha value is -3.80. The molecule has 0 saturated carbocycles. The van der Waals surface area contributed by atoms with Crippen LogP contribution in [0.25, 0.3) is 0 Å².